The zero-order chi connectivity index (χ0) is 17.1. The summed E-state index contributed by atoms with van der Waals surface area (Å²) in [6.45, 7) is 2.76. The van der Waals surface area contributed by atoms with Crippen molar-refractivity contribution in [3.63, 3.8) is 0 Å². The molecule has 1 aromatic carbocycles. The first kappa shape index (κ1) is 17.8. The largest absolute Gasteiger partial charge is 0.829 e. The molecular formula is C16H22NO6-. The van der Waals surface area contributed by atoms with Crippen molar-refractivity contribution in [1.82, 2.24) is 4.90 Å². The van der Waals surface area contributed by atoms with Gasteiger partial charge in [-0.1, -0.05) is 29.8 Å². The third-order valence-electron chi connectivity index (χ3n) is 4.09. The number of amides is 1. The highest BCUT2D eigenvalue weighted by Crippen LogP contribution is 2.24. The van der Waals surface area contributed by atoms with Crippen LogP contribution < -0.4 is 5.11 Å². The molecule has 0 bridgehead atoms. The van der Waals surface area contributed by atoms with Crippen molar-refractivity contribution in [2.45, 2.75) is 51.0 Å². The van der Waals surface area contributed by atoms with E-state index in [0.29, 0.717) is 0 Å². The van der Waals surface area contributed by atoms with Crippen LogP contribution in [-0.2, 0) is 16.1 Å². The quantitative estimate of drug-likeness (QED) is 0.622. The lowest BCUT2D eigenvalue weighted by Crippen LogP contribution is -2.68. The minimum atomic E-state index is -1.75. The summed E-state index contributed by atoms with van der Waals surface area (Å²) in [5.74, 6) is -0.409. The Labute approximate surface area is 134 Å². The summed E-state index contributed by atoms with van der Waals surface area (Å²) >= 11 is 0. The fourth-order valence-corrected chi connectivity index (χ4v) is 2.72. The Morgan fingerprint density at radius 1 is 1.26 bits per heavy atom. The van der Waals surface area contributed by atoms with Crippen LogP contribution in [0.25, 0.3) is 0 Å². The Morgan fingerprint density at radius 3 is 2.39 bits per heavy atom. The fourth-order valence-electron chi connectivity index (χ4n) is 2.72. The molecule has 3 N–H and O–H groups in total. The molecular weight excluding hydrogens is 302 g/mol. The molecule has 1 aliphatic heterocycles. The maximum atomic E-state index is 12.2. The van der Waals surface area contributed by atoms with Gasteiger partial charge in [0, 0.05) is 19.8 Å². The van der Waals surface area contributed by atoms with Crippen molar-refractivity contribution in [3.8, 4) is 0 Å². The average molecular weight is 324 g/mol. The second kappa shape index (κ2) is 7.37. The zero-order valence-electron chi connectivity index (χ0n) is 13.1. The van der Waals surface area contributed by atoms with Crippen LogP contribution in [0, 0.1) is 6.92 Å². The number of aliphatic hydroxyl groups is 3. The Hall–Kier alpha value is -1.51. The van der Waals surface area contributed by atoms with Crippen LogP contribution in [0.1, 0.15) is 18.1 Å². The second-order valence-corrected chi connectivity index (χ2v) is 5.83. The summed E-state index contributed by atoms with van der Waals surface area (Å²) in [7, 11) is 0. The molecule has 0 unspecified atom stereocenters. The molecule has 2 rings (SSSR count). The third-order valence-corrected chi connectivity index (χ3v) is 4.09. The van der Waals surface area contributed by atoms with Crippen LogP contribution in [0.3, 0.4) is 0 Å². The van der Waals surface area contributed by atoms with E-state index in [4.69, 9.17) is 9.84 Å². The van der Waals surface area contributed by atoms with E-state index in [1.54, 1.807) is 0 Å². The molecule has 23 heavy (non-hydrogen) atoms. The smallest absolute Gasteiger partial charge is 0.220 e. The molecule has 0 aliphatic carbocycles. The molecule has 1 amide bonds. The molecule has 1 saturated heterocycles. The molecule has 7 heteroatoms. The molecule has 0 radical (unpaired) electrons. The average Bonchev–Trinajstić information content (AvgIpc) is 2.51. The molecule has 128 valence electrons. The van der Waals surface area contributed by atoms with E-state index in [9.17, 15) is 20.1 Å². The van der Waals surface area contributed by atoms with E-state index < -0.39 is 43.2 Å². The number of ether oxygens (including phenoxy) is 1. The number of hydrogen-bond donors (Lipinski definition) is 3. The third kappa shape index (κ3) is 3.88. The fraction of sp³-hybridized carbons (Fsp3) is 0.562. The van der Waals surface area contributed by atoms with Gasteiger partial charge >= 0.3 is 0 Å². The minimum absolute atomic E-state index is 0.121. The topological polar surface area (TPSA) is 113 Å². The van der Waals surface area contributed by atoms with Gasteiger partial charge in [0.15, 0.2) is 0 Å². The maximum absolute atomic E-state index is 12.2. The molecule has 1 fully saturated rings. The normalized spacial score (nSPS) is 31.0. The van der Waals surface area contributed by atoms with Crippen LogP contribution in [0.2, 0.25) is 0 Å². The zero-order valence-corrected chi connectivity index (χ0v) is 13.1. The Balaban J connectivity index is 2.22. The highest BCUT2D eigenvalue weighted by molar-refractivity contribution is 5.73. The van der Waals surface area contributed by atoms with Gasteiger partial charge in [0.25, 0.3) is 0 Å². The summed E-state index contributed by atoms with van der Waals surface area (Å²) in [5.41, 5.74) is 1.86. The van der Waals surface area contributed by atoms with Gasteiger partial charge in [0.2, 0.25) is 5.91 Å². The Bertz CT molecular complexity index is 534. The van der Waals surface area contributed by atoms with Gasteiger partial charge in [0.05, 0.1) is 12.6 Å². The van der Waals surface area contributed by atoms with Crippen molar-refractivity contribution in [2.75, 3.05) is 6.61 Å². The maximum Gasteiger partial charge on any atom is 0.220 e. The van der Waals surface area contributed by atoms with Gasteiger partial charge in [-0.15, -0.1) is 0 Å². The van der Waals surface area contributed by atoms with Crippen molar-refractivity contribution < 1.29 is 30.0 Å². The number of carbonyl (C=O) groups is 1. The molecule has 5 atom stereocenters. The first-order valence-corrected chi connectivity index (χ1v) is 7.46. The van der Waals surface area contributed by atoms with Gasteiger partial charge in [-0.2, -0.15) is 0 Å². The highest BCUT2D eigenvalue weighted by Gasteiger charge is 2.43. The second-order valence-electron chi connectivity index (χ2n) is 5.83. The van der Waals surface area contributed by atoms with E-state index in [0.717, 1.165) is 11.1 Å². The summed E-state index contributed by atoms with van der Waals surface area (Å²) in [5, 5.41) is 41.4. The van der Waals surface area contributed by atoms with Crippen molar-refractivity contribution in [2.24, 2.45) is 0 Å². The first-order valence-electron chi connectivity index (χ1n) is 7.46. The monoisotopic (exact) mass is 324 g/mol. The van der Waals surface area contributed by atoms with Crippen LogP contribution in [0.4, 0.5) is 0 Å². The van der Waals surface area contributed by atoms with Crippen molar-refractivity contribution in [3.05, 3.63) is 35.4 Å². The van der Waals surface area contributed by atoms with Gasteiger partial charge in [0.1, 0.15) is 18.3 Å². The Morgan fingerprint density at radius 2 is 1.87 bits per heavy atom. The summed E-state index contributed by atoms with van der Waals surface area (Å²) in [6, 6.07) is 6.19. The predicted molar refractivity (Wildman–Crippen MR) is 79.0 cm³/mol. The number of carbonyl (C=O) groups excluding carboxylic acids is 1. The molecule has 0 aromatic heterocycles. The van der Waals surface area contributed by atoms with Gasteiger partial charge < -0.3 is 30.1 Å². The number of aryl methyl sites for hydroxylation is 1. The Kier molecular flexibility index (Phi) is 5.72. The van der Waals surface area contributed by atoms with Crippen molar-refractivity contribution in [1.29, 1.82) is 0 Å². The van der Waals surface area contributed by atoms with Crippen LogP contribution in [-0.4, -0.2) is 63.4 Å². The van der Waals surface area contributed by atoms with Crippen LogP contribution >= 0.6 is 0 Å². The predicted octanol–water partition coefficient (Wildman–Crippen LogP) is -1.49. The number of benzene rings is 1. The molecule has 7 nitrogen and oxygen atoms in total. The SMILES string of the molecule is CC(=O)N(Cc1ccc(C)cc1)[C@@H]1[C@@H](O)[C@H](O)[C@@H](CO)O[C@@H]1[O-]. The minimum Gasteiger partial charge on any atom is -0.829 e. The first-order chi connectivity index (χ1) is 10.8. The number of hydrogen-bond acceptors (Lipinski definition) is 6. The molecule has 0 saturated carbocycles. The van der Waals surface area contributed by atoms with E-state index in [2.05, 4.69) is 0 Å². The van der Waals surface area contributed by atoms with E-state index in [-0.39, 0.29) is 6.54 Å². The summed E-state index contributed by atoms with van der Waals surface area (Å²) < 4.78 is 5.01. The molecule has 1 aliphatic rings. The summed E-state index contributed by atoms with van der Waals surface area (Å²) in [4.78, 5) is 13.2. The summed E-state index contributed by atoms with van der Waals surface area (Å²) in [6.07, 6.45) is -5.83. The number of nitrogens with zero attached hydrogens (tertiary/aromatic N) is 1. The highest BCUT2D eigenvalue weighted by atomic mass is 16.6. The lowest BCUT2D eigenvalue weighted by atomic mass is 9.95. The molecule has 1 heterocycles. The van der Waals surface area contributed by atoms with E-state index >= 15 is 0 Å². The number of rotatable bonds is 4. The van der Waals surface area contributed by atoms with E-state index in [1.165, 1.54) is 11.8 Å². The lowest BCUT2D eigenvalue weighted by molar-refractivity contribution is -0.525. The van der Waals surface area contributed by atoms with Gasteiger partial charge in [-0.3, -0.25) is 4.79 Å². The standard InChI is InChI=1S/C16H22NO6/c1-9-3-5-11(6-4-9)7-17(10(2)19)13-15(21)14(20)12(8-18)23-16(13)22/h3-6,12-16,18,20-21H,7-8H2,1-2H3/q-1/t12-,13-,14-,15-,16+/m1/s1. The van der Waals surface area contributed by atoms with Gasteiger partial charge in [-0.05, 0) is 12.5 Å². The van der Waals surface area contributed by atoms with Gasteiger partial charge in [-0.25, -0.2) is 0 Å². The van der Waals surface area contributed by atoms with Crippen LogP contribution in [0.15, 0.2) is 24.3 Å². The van der Waals surface area contributed by atoms with Crippen LogP contribution in [0.5, 0.6) is 0 Å². The lowest BCUT2D eigenvalue weighted by Gasteiger charge is -2.50. The molecule has 0 spiro atoms. The number of aliphatic hydroxyl groups excluding tert-OH is 3. The van der Waals surface area contributed by atoms with E-state index in [1.807, 2.05) is 31.2 Å². The molecule has 1 aromatic rings. The van der Waals surface area contributed by atoms with Crippen molar-refractivity contribution >= 4 is 5.91 Å².